The van der Waals surface area contributed by atoms with Gasteiger partial charge in [0.15, 0.2) is 0 Å². The molecule has 0 amide bonds. The van der Waals surface area contributed by atoms with Crippen molar-refractivity contribution in [3.05, 3.63) is 0 Å². The third kappa shape index (κ3) is 10.1. The Kier molecular flexibility index (Phi) is 10.5. The average Bonchev–Trinajstić information content (AvgIpc) is 2.16. The van der Waals surface area contributed by atoms with E-state index in [0.717, 1.165) is 13.0 Å². The Morgan fingerprint density at radius 1 is 1.23 bits per heavy atom. The maximum Gasteiger partial charge on any atom is 0.0908 e. The Morgan fingerprint density at radius 2 is 1.92 bits per heavy atom. The van der Waals surface area contributed by atoms with Gasteiger partial charge in [0.2, 0.25) is 0 Å². The highest BCUT2D eigenvalue weighted by Gasteiger charge is 2.00. The minimum absolute atomic E-state index is 0.260. The molecule has 1 N–H and O–H groups in total. The Bertz CT molecular complexity index is 98.9. The summed E-state index contributed by atoms with van der Waals surface area (Å²) >= 11 is 5.40. The van der Waals surface area contributed by atoms with Crippen LogP contribution in [-0.4, -0.2) is 30.3 Å². The zero-order valence-electron chi connectivity index (χ0n) is 8.47. The molecule has 3 heteroatoms. The van der Waals surface area contributed by atoms with Crippen LogP contribution in [-0.2, 0) is 4.74 Å². The number of aliphatic hydroxyl groups excluding tert-OH is 1. The van der Waals surface area contributed by atoms with Crippen molar-refractivity contribution < 1.29 is 9.84 Å². The smallest absolute Gasteiger partial charge is 0.0908 e. The first-order chi connectivity index (χ1) is 6.31. The quantitative estimate of drug-likeness (QED) is 0.466. The predicted molar refractivity (Wildman–Crippen MR) is 56.3 cm³/mol. The van der Waals surface area contributed by atoms with Gasteiger partial charge in [-0.1, -0.05) is 32.6 Å². The fourth-order valence-corrected chi connectivity index (χ4v) is 1.16. The summed E-state index contributed by atoms with van der Waals surface area (Å²) in [5, 5.41) is 9.04. The zero-order valence-corrected chi connectivity index (χ0v) is 9.22. The van der Waals surface area contributed by atoms with Crippen molar-refractivity contribution in [1.82, 2.24) is 0 Å². The number of unbranched alkanes of at least 4 members (excludes halogenated alkanes) is 4. The van der Waals surface area contributed by atoms with Crippen LogP contribution >= 0.6 is 11.6 Å². The van der Waals surface area contributed by atoms with Gasteiger partial charge in [-0.15, -0.1) is 11.6 Å². The Morgan fingerprint density at radius 3 is 2.54 bits per heavy atom. The average molecular weight is 209 g/mol. The van der Waals surface area contributed by atoms with Crippen molar-refractivity contribution in [2.24, 2.45) is 0 Å². The summed E-state index contributed by atoms with van der Waals surface area (Å²) < 4.78 is 5.23. The summed E-state index contributed by atoms with van der Waals surface area (Å²) in [6.07, 6.45) is 5.69. The molecule has 0 saturated carbocycles. The van der Waals surface area contributed by atoms with Crippen molar-refractivity contribution >= 4 is 11.6 Å². The van der Waals surface area contributed by atoms with Crippen LogP contribution in [0.3, 0.4) is 0 Å². The molecule has 0 aliphatic carbocycles. The third-order valence-electron chi connectivity index (χ3n) is 1.88. The van der Waals surface area contributed by atoms with Crippen LogP contribution in [0.4, 0.5) is 0 Å². The highest BCUT2D eigenvalue weighted by atomic mass is 35.5. The normalized spacial score (nSPS) is 13.2. The number of hydrogen-bond acceptors (Lipinski definition) is 2. The second-order valence-corrected chi connectivity index (χ2v) is 3.61. The van der Waals surface area contributed by atoms with Crippen LogP contribution in [0.1, 0.15) is 39.0 Å². The highest BCUT2D eigenvalue weighted by molar-refractivity contribution is 6.18. The summed E-state index contributed by atoms with van der Waals surface area (Å²) in [5.41, 5.74) is 0. The highest BCUT2D eigenvalue weighted by Crippen LogP contribution is 2.02. The summed E-state index contributed by atoms with van der Waals surface area (Å²) in [4.78, 5) is 0. The van der Waals surface area contributed by atoms with Gasteiger partial charge in [0.05, 0.1) is 18.6 Å². The van der Waals surface area contributed by atoms with Gasteiger partial charge >= 0.3 is 0 Å². The van der Waals surface area contributed by atoms with E-state index in [1.165, 1.54) is 25.7 Å². The van der Waals surface area contributed by atoms with Gasteiger partial charge in [-0.05, 0) is 6.42 Å². The van der Waals surface area contributed by atoms with Gasteiger partial charge in [0, 0.05) is 6.61 Å². The third-order valence-corrected chi connectivity index (χ3v) is 2.24. The fourth-order valence-electron chi connectivity index (χ4n) is 1.07. The van der Waals surface area contributed by atoms with Crippen LogP contribution in [0.5, 0.6) is 0 Å². The van der Waals surface area contributed by atoms with Crippen LogP contribution in [0, 0.1) is 0 Å². The van der Waals surface area contributed by atoms with Gasteiger partial charge < -0.3 is 9.84 Å². The van der Waals surface area contributed by atoms with Gasteiger partial charge in [0.25, 0.3) is 0 Å². The molecule has 0 heterocycles. The molecule has 0 rings (SSSR count). The Balaban J connectivity index is 2.91. The minimum Gasteiger partial charge on any atom is -0.389 e. The molecule has 80 valence electrons. The molecule has 0 aromatic heterocycles. The minimum atomic E-state index is -0.502. The number of ether oxygens (including phenoxy) is 1. The van der Waals surface area contributed by atoms with Crippen LogP contribution in [0.25, 0.3) is 0 Å². The van der Waals surface area contributed by atoms with E-state index in [-0.39, 0.29) is 5.88 Å². The van der Waals surface area contributed by atoms with E-state index < -0.39 is 6.10 Å². The number of hydrogen-bond donors (Lipinski definition) is 1. The second-order valence-electron chi connectivity index (χ2n) is 3.30. The van der Waals surface area contributed by atoms with Gasteiger partial charge in [-0.3, -0.25) is 0 Å². The standard InChI is InChI=1S/C10H21ClO2/c1-2-3-4-5-6-7-13-9-10(12)8-11/h10,12H,2-9H2,1H3/t10-/m0/s1. The zero-order chi connectivity index (χ0) is 9.94. The van der Waals surface area contributed by atoms with E-state index in [2.05, 4.69) is 6.92 Å². The predicted octanol–water partition coefficient (Wildman–Crippen LogP) is 2.57. The SMILES string of the molecule is CCCCCCCOC[C@@H](O)CCl. The van der Waals surface area contributed by atoms with Gasteiger partial charge in [-0.25, -0.2) is 0 Å². The molecule has 0 unspecified atom stereocenters. The summed E-state index contributed by atoms with van der Waals surface area (Å²) in [5.74, 6) is 0.260. The lowest BCUT2D eigenvalue weighted by atomic mass is 10.2. The van der Waals surface area contributed by atoms with E-state index in [9.17, 15) is 0 Å². The van der Waals surface area contributed by atoms with E-state index in [1.807, 2.05) is 0 Å². The van der Waals surface area contributed by atoms with E-state index >= 15 is 0 Å². The van der Waals surface area contributed by atoms with Crippen molar-refractivity contribution in [2.75, 3.05) is 19.1 Å². The first-order valence-corrected chi connectivity index (χ1v) is 5.66. The summed E-state index contributed by atoms with van der Waals surface area (Å²) in [7, 11) is 0. The monoisotopic (exact) mass is 208 g/mol. The maximum atomic E-state index is 9.04. The number of halogens is 1. The molecule has 2 nitrogen and oxygen atoms in total. The molecule has 0 aliphatic rings. The van der Waals surface area contributed by atoms with Crippen molar-refractivity contribution in [3.63, 3.8) is 0 Å². The van der Waals surface area contributed by atoms with Crippen molar-refractivity contribution in [2.45, 2.75) is 45.1 Å². The van der Waals surface area contributed by atoms with E-state index in [0.29, 0.717) is 6.61 Å². The second kappa shape index (κ2) is 10.3. The first-order valence-electron chi connectivity index (χ1n) is 5.13. The van der Waals surface area contributed by atoms with Crippen molar-refractivity contribution in [1.29, 1.82) is 0 Å². The molecule has 0 aromatic rings. The lowest BCUT2D eigenvalue weighted by Gasteiger charge is -2.07. The molecule has 0 aromatic carbocycles. The molecule has 0 aliphatic heterocycles. The molecule has 0 fully saturated rings. The Hall–Kier alpha value is 0.210. The molecule has 0 radical (unpaired) electrons. The number of aliphatic hydroxyl groups is 1. The molecule has 1 atom stereocenters. The molecule has 0 spiro atoms. The largest absolute Gasteiger partial charge is 0.389 e. The Labute approximate surface area is 86.2 Å². The lowest BCUT2D eigenvalue weighted by molar-refractivity contribution is 0.0461. The lowest BCUT2D eigenvalue weighted by Crippen LogP contribution is -2.17. The van der Waals surface area contributed by atoms with Gasteiger partial charge in [0.1, 0.15) is 0 Å². The molecule has 0 bridgehead atoms. The maximum absolute atomic E-state index is 9.04. The van der Waals surface area contributed by atoms with Gasteiger partial charge in [-0.2, -0.15) is 0 Å². The van der Waals surface area contributed by atoms with Crippen LogP contribution < -0.4 is 0 Å². The van der Waals surface area contributed by atoms with E-state index in [1.54, 1.807) is 0 Å². The summed E-state index contributed by atoms with van der Waals surface area (Å²) in [6, 6.07) is 0. The first kappa shape index (κ1) is 13.2. The molecule has 13 heavy (non-hydrogen) atoms. The number of alkyl halides is 1. The fraction of sp³-hybridized carbons (Fsp3) is 1.00. The molecular weight excluding hydrogens is 188 g/mol. The van der Waals surface area contributed by atoms with E-state index in [4.69, 9.17) is 21.4 Å². The summed E-state index contributed by atoms with van der Waals surface area (Å²) in [6.45, 7) is 3.32. The van der Waals surface area contributed by atoms with Crippen LogP contribution in [0.15, 0.2) is 0 Å². The topological polar surface area (TPSA) is 29.5 Å². The molecule has 0 saturated heterocycles. The number of rotatable bonds is 9. The van der Waals surface area contributed by atoms with Crippen molar-refractivity contribution in [3.8, 4) is 0 Å². The molecular formula is C10H21ClO2. The van der Waals surface area contributed by atoms with Crippen LogP contribution in [0.2, 0.25) is 0 Å².